The monoisotopic (exact) mass is 354 g/mol. The van der Waals surface area contributed by atoms with Crippen LogP contribution in [0.25, 0.3) is 0 Å². The van der Waals surface area contributed by atoms with E-state index in [-0.39, 0.29) is 18.1 Å². The Morgan fingerprint density at radius 3 is 2.67 bits per heavy atom. The van der Waals surface area contributed by atoms with E-state index >= 15 is 0 Å². The fourth-order valence-electron chi connectivity index (χ4n) is 2.33. The molecule has 0 spiro atoms. The SMILES string of the molecule is CCC(C(=O)N(C)Cc1nn(CC)cc1Cl)n1cc([N+](=O)[O-])cn1. The summed E-state index contributed by atoms with van der Waals surface area (Å²) in [7, 11) is 1.64. The average Bonchev–Trinajstić information content (AvgIpc) is 3.15. The minimum absolute atomic E-state index is 0.145. The molecule has 0 saturated carbocycles. The van der Waals surface area contributed by atoms with Gasteiger partial charge in [0.05, 0.1) is 16.5 Å². The van der Waals surface area contributed by atoms with Crippen molar-refractivity contribution in [3.8, 4) is 0 Å². The third-order valence-corrected chi connectivity index (χ3v) is 3.98. The Bertz CT molecular complexity index is 741. The maximum absolute atomic E-state index is 12.7. The fraction of sp³-hybridized carbons (Fsp3) is 0.500. The van der Waals surface area contributed by atoms with Crippen LogP contribution in [0, 0.1) is 10.1 Å². The number of nitrogens with zero attached hydrogens (tertiary/aromatic N) is 6. The highest BCUT2D eigenvalue weighted by molar-refractivity contribution is 6.31. The van der Waals surface area contributed by atoms with E-state index in [4.69, 9.17) is 11.6 Å². The van der Waals surface area contributed by atoms with Gasteiger partial charge in [-0.15, -0.1) is 0 Å². The number of halogens is 1. The van der Waals surface area contributed by atoms with Crippen LogP contribution in [0.1, 0.15) is 32.0 Å². The van der Waals surface area contributed by atoms with Crippen molar-refractivity contribution in [2.45, 2.75) is 39.4 Å². The standard InChI is InChI=1S/C14H19ClN6O3/c1-4-13(20-7-10(6-16-20)21(23)24)14(22)18(3)9-12-11(15)8-19(5-2)17-12/h6-8,13H,4-5,9H2,1-3H3. The molecule has 0 bridgehead atoms. The van der Waals surface area contributed by atoms with Crippen LogP contribution in [0.3, 0.4) is 0 Å². The number of hydrogen-bond acceptors (Lipinski definition) is 5. The van der Waals surface area contributed by atoms with E-state index in [1.165, 1.54) is 15.8 Å². The maximum Gasteiger partial charge on any atom is 0.307 e. The molecule has 1 amide bonds. The van der Waals surface area contributed by atoms with Crippen molar-refractivity contribution in [2.75, 3.05) is 7.05 Å². The third kappa shape index (κ3) is 3.73. The molecule has 0 fully saturated rings. The minimum atomic E-state index is -0.615. The highest BCUT2D eigenvalue weighted by Crippen LogP contribution is 2.20. The zero-order valence-corrected chi connectivity index (χ0v) is 14.5. The number of rotatable bonds is 7. The van der Waals surface area contributed by atoms with Gasteiger partial charge < -0.3 is 4.90 Å². The van der Waals surface area contributed by atoms with Gasteiger partial charge >= 0.3 is 5.69 Å². The van der Waals surface area contributed by atoms with Crippen molar-refractivity contribution in [2.24, 2.45) is 0 Å². The first-order valence-corrected chi connectivity index (χ1v) is 7.90. The predicted octanol–water partition coefficient (Wildman–Crippen LogP) is 2.27. The molecule has 2 aromatic rings. The third-order valence-electron chi connectivity index (χ3n) is 3.66. The van der Waals surface area contributed by atoms with E-state index in [9.17, 15) is 14.9 Å². The largest absolute Gasteiger partial charge is 0.338 e. The predicted molar refractivity (Wildman–Crippen MR) is 87.6 cm³/mol. The van der Waals surface area contributed by atoms with E-state index in [2.05, 4.69) is 10.2 Å². The molecule has 130 valence electrons. The van der Waals surface area contributed by atoms with Gasteiger partial charge in [0, 0.05) is 19.8 Å². The molecule has 1 unspecified atom stereocenters. The van der Waals surface area contributed by atoms with Crippen LogP contribution in [0.2, 0.25) is 5.02 Å². The van der Waals surface area contributed by atoms with Crippen LogP contribution in [0.5, 0.6) is 0 Å². The minimum Gasteiger partial charge on any atom is -0.338 e. The van der Waals surface area contributed by atoms with Gasteiger partial charge in [-0.05, 0) is 13.3 Å². The Morgan fingerprint density at radius 2 is 2.17 bits per heavy atom. The number of hydrogen-bond donors (Lipinski definition) is 0. The quantitative estimate of drug-likeness (QED) is 0.561. The summed E-state index contributed by atoms with van der Waals surface area (Å²) in [5.74, 6) is -0.211. The number of amides is 1. The Labute approximate surface area is 144 Å². The average molecular weight is 355 g/mol. The van der Waals surface area contributed by atoms with Crippen molar-refractivity contribution in [1.29, 1.82) is 0 Å². The second-order valence-electron chi connectivity index (χ2n) is 5.33. The molecule has 0 aliphatic heterocycles. The summed E-state index contributed by atoms with van der Waals surface area (Å²) < 4.78 is 3.02. The van der Waals surface area contributed by atoms with Gasteiger partial charge in [-0.25, -0.2) is 0 Å². The number of aryl methyl sites for hydroxylation is 1. The molecule has 0 radical (unpaired) electrons. The molecule has 0 N–H and O–H groups in total. The second-order valence-corrected chi connectivity index (χ2v) is 5.74. The first-order valence-electron chi connectivity index (χ1n) is 7.52. The zero-order chi connectivity index (χ0) is 17.9. The van der Waals surface area contributed by atoms with Crippen molar-refractivity contribution in [3.63, 3.8) is 0 Å². The van der Waals surface area contributed by atoms with Crippen LogP contribution < -0.4 is 0 Å². The van der Waals surface area contributed by atoms with Gasteiger partial charge in [0.1, 0.15) is 24.1 Å². The molecule has 2 aromatic heterocycles. The van der Waals surface area contributed by atoms with Gasteiger partial charge in [0.25, 0.3) is 0 Å². The number of carbonyl (C=O) groups is 1. The van der Waals surface area contributed by atoms with Crippen molar-refractivity contribution < 1.29 is 9.72 Å². The zero-order valence-electron chi connectivity index (χ0n) is 13.7. The summed E-state index contributed by atoms with van der Waals surface area (Å²) in [4.78, 5) is 24.4. The molecule has 0 aliphatic carbocycles. The fourth-order valence-corrected chi connectivity index (χ4v) is 2.54. The van der Waals surface area contributed by atoms with E-state index in [0.717, 1.165) is 6.20 Å². The number of nitro groups is 1. The van der Waals surface area contributed by atoms with Crippen molar-refractivity contribution >= 4 is 23.2 Å². The highest BCUT2D eigenvalue weighted by Gasteiger charge is 2.25. The summed E-state index contributed by atoms with van der Waals surface area (Å²) in [6.07, 6.45) is 4.57. The van der Waals surface area contributed by atoms with E-state index in [1.54, 1.807) is 17.9 Å². The summed E-state index contributed by atoms with van der Waals surface area (Å²) >= 11 is 6.13. The first-order chi connectivity index (χ1) is 11.4. The Hall–Kier alpha value is -2.42. The summed E-state index contributed by atoms with van der Waals surface area (Å²) in [5.41, 5.74) is 0.462. The normalized spacial score (nSPS) is 12.2. The molecule has 9 nitrogen and oxygen atoms in total. The molecule has 2 rings (SSSR count). The molecular formula is C14H19ClN6O3. The van der Waals surface area contributed by atoms with Crippen LogP contribution in [-0.4, -0.2) is 42.3 Å². The number of aromatic nitrogens is 4. The molecule has 1 atom stereocenters. The van der Waals surface area contributed by atoms with Gasteiger partial charge in [0.15, 0.2) is 0 Å². The van der Waals surface area contributed by atoms with Gasteiger partial charge in [-0.2, -0.15) is 10.2 Å². The van der Waals surface area contributed by atoms with Crippen molar-refractivity contribution in [1.82, 2.24) is 24.5 Å². The first kappa shape index (κ1) is 17.9. The maximum atomic E-state index is 12.7. The van der Waals surface area contributed by atoms with E-state index in [1.807, 2.05) is 13.8 Å². The summed E-state index contributed by atoms with van der Waals surface area (Å²) in [5, 5.41) is 19.5. The molecule has 0 aromatic carbocycles. The smallest absolute Gasteiger partial charge is 0.307 e. The van der Waals surface area contributed by atoms with E-state index < -0.39 is 11.0 Å². The lowest BCUT2D eigenvalue weighted by molar-refractivity contribution is -0.385. The van der Waals surface area contributed by atoms with Crippen LogP contribution in [0.4, 0.5) is 5.69 Å². The Balaban J connectivity index is 2.14. The molecule has 0 aliphatic rings. The lowest BCUT2D eigenvalue weighted by Gasteiger charge is -2.22. The molecule has 0 saturated heterocycles. The summed E-state index contributed by atoms with van der Waals surface area (Å²) in [6, 6.07) is -0.615. The number of carbonyl (C=O) groups excluding carboxylic acids is 1. The molecular weight excluding hydrogens is 336 g/mol. The van der Waals surface area contributed by atoms with Gasteiger partial charge in [-0.1, -0.05) is 18.5 Å². The van der Waals surface area contributed by atoms with E-state index in [0.29, 0.717) is 23.7 Å². The van der Waals surface area contributed by atoms with Crippen molar-refractivity contribution in [3.05, 3.63) is 39.4 Å². The van der Waals surface area contributed by atoms with Gasteiger partial charge in [0.2, 0.25) is 5.91 Å². The van der Waals surface area contributed by atoms with Crippen LogP contribution in [0.15, 0.2) is 18.6 Å². The molecule has 24 heavy (non-hydrogen) atoms. The van der Waals surface area contributed by atoms with Crippen LogP contribution >= 0.6 is 11.6 Å². The Kier molecular flexibility index (Phi) is 5.55. The molecule has 2 heterocycles. The highest BCUT2D eigenvalue weighted by atomic mass is 35.5. The second kappa shape index (κ2) is 7.43. The number of likely N-dealkylation sites (N-methyl/N-ethyl adjacent to an activating group) is 1. The lowest BCUT2D eigenvalue weighted by Crippen LogP contribution is -2.34. The summed E-state index contributed by atoms with van der Waals surface area (Å²) in [6.45, 7) is 4.71. The lowest BCUT2D eigenvalue weighted by atomic mass is 10.2. The molecule has 10 heteroatoms. The topological polar surface area (TPSA) is 99.1 Å². The van der Waals surface area contributed by atoms with Gasteiger partial charge in [-0.3, -0.25) is 24.3 Å². The Morgan fingerprint density at radius 1 is 1.46 bits per heavy atom. The van der Waals surface area contributed by atoms with Crippen LogP contribution in [-0.2, 0) is 17.9 Å².